The molecule has 2 fully saturated rings. The predicted molar refractivity (Wildman–Crippen MR) is 114 cm³/mol. The molecule has 0 saturated carbocycles. The molecule has 3 rings (SSSR count). The van der Waals surface area contributed by atoms with Gasteiger partial charge in [0.1, 0.15) is 5.37 Å². The number of carbonyl (C=O) groups is 2. The first-order valence-corrected chi connectivity index (χ1v) is 11.0. The van der Waals surface area contributed by atoms with E-state index in [0.29, 0.717) is 5.75 Å². The number of carbonyl (C=O) groups excluding carboxylic acids is 2. The summed E-state index contributed by atoms with van der Waals surface area (Å²) in [4.78, 5) is 30.9. The Kier molecular flexibility index (Phi) is 6.55. The molecule has 2 aliphatic rings. The summed E-state index contributed by atoms with van der Waals surface area (Å²) in [5.74, 6) is 0.776. The molecule has 3 amide bonds. The fourth-order valence-electron chi connectivity index (χ4n) is 3.53. The minimum atomic E-state index is -0.215. The minimum Gasteiger partial charge on any atom is -0.333 e. The molecule has 2 heterocycles. The molecule has 6 nitrogen and oxygen atoms in total. The number of nitrogens with zero attached hydrogens (tertiary/aromatic N) is 3. The molecular weight excluding hydrogens is 372 g/mol. The maximum atomic E-state index is 12.4. The van der Waals surface area contributed by atoms with Gasteiger partial charge in [0.25, 0.3) is 0 Å². The zero-order chi connectivity index (χ0) is 20.3. The zero-order valence-corrected chi connectivity index (χ0v) is 18.2. The summed E-state index contributed by atoms with van der Waals surface area (Å²) in [5, 5.41) is 3.14. The molecule has 0 aromatic heterocycles. The lowest BCUT2D eigenvalue weighted by molar-refractivity contribution is -0.128. The van der Waals surface area contributed by atoms with Gasteiger partial charge in [0, 0.05) is 44.8 Å². The fraction of sp³-hybridized carbons (Fsp3) is 0.619. The van der Waals surface area contributed by atoms with Crippen molar-refractivity contribution in [2.45, 2.75) is 38.6 Å². The standard InChI is InChI=1S/C21H32N4O2S/c1-16-5-7-17(8-6-16)19-25(18(26)15-28-19)14-11-23-9-12-24(13-10-23)20(27)22-21(2,3)4/h5-8,19H,9-15H2,1-4H3,(H,22,27)/t19-/m1/s1. The molecule has 0 bridgehead atoms. The number of benzene rings is 1. The maximum Gasteiger partial charge on any atom is 0.317 e. The van der Waals surface area contributed by atoms with Crippen LogP contribution in [0.25, 0.3) is 0 Å². The van der Waals surface area contributed by atoms with Crippen molar-refractivity contribution in [2.75, 3.05) is 45.0 Å². The van der Waals surface area contributed by atoms with Crippen molar-refractivity contribution in [3.63, 3.8) is 0 Å². The van der Waals surface area contributed by atoms with Crippen molar-refractivity contribution in [1.29, 1.82) is 0 Å². The Hall–Kier alpha value is -1.73. The molecule has 2 aliphatic heterocycles. The van der Waals surface area contributed by atoms with Crippen LogP contribution in [0.4, 0.5) is 4.79 Å². The minimum absolute atomic E-state index is 0.0118. The smallest absolute Gasteiger partial charge is 0.317 e. The van der Waals surface area contributed by atoms with E-state index in [1.165, 1.54) is 11.1 Å². The summed E-state index contributed by atoms with van der Waals surface area (Å²) >= 11 is 1.71. The second kappa shape index (κ2) is 8.74. The number of rotatable bonds is 4. The van der Waals surface area contributed by atoms with Crippen LogP contribution in [0.3, 0.4) is 0 Å². The Morgan fingerprint density at radius 3 is 2.36 bits per heavy atom. The van der Waals surface area contributed by atoms with Crippen LogP contribution in [0.15, 0.2) is 24.3 Å². The van der Waals surface area contributed by atoms with Crippen molar-refractivity contribution >= 4 is 23.7 Å². The third kappa shape index (κ3) is 5.41. The van der Waals surface area contributed by atoms with Crippen molar-refractivity contribution in [3.8, 4) is 0 Å². The Morgan fingerprint density at radius 2 is 1.75 bits per heavy atom. The van der Waals surface area contributed by atoms with Gasteiger partial charge in [0.15, 0.2) is 0 Å². The zero-order valence-electron chi connectivity index (χ0n) is 17.4. The number of thioether (sulfide) groups is 1. The lowest BCUT2D eigenvalue weighted by atomic mass is 10.1. The fourth-order valence-corrected chi connectivity index (χ4v) is 4.75. The highest BCUT2D eigenvalue weighted by Crippen LogP contribution is 2.38. The second-order valence-corrected chi connectivity index (χ2v) is 9.74. The van der Waals surface area contributed by atoms with Gasteiger partial charge in [0.05, 0.1) is 5.75 Å². The largest absolute Gasteiger partial charge is 0.333 e. The first-order valence-electron chi connectivity index (χ1n) is 10.00. The second-order valence-electron chi connectivity index (χ2n) is 8.67. The van der Waals surface area contributed by atoms with Gasteiger partial charge in [-0.15, -0.1) is 11.8 Å². The van der Waals surface area contributed by atoms with E-state index in [1.54, 1.807) is 11.8 Å². The lowest BCUT2D eigenvalue weighted by Gasteiger charge is -2.37. The van der Waals surface area contributed by atoms with E-state index in [2.05, 4.69) is 41.4 Å². The normalized spacial score (nSPS) is 21.3. The van der Waals surface area contributed by atoms with Gasteiger partial charge in [0.2, 0.25) is 5.91 Å². The Morgan fingerprint density at radius 1 is 1.11 bits per heavy atom. The van der Waals surface area contributed by atoms with Crippen LogP contribution in [0.1, 0.15) is 37.3 Å². The summed E-state index contributed by atoms with van der Waals surface area (Å²) in [7, 11) is 0. The molecule has 0 unspecified atom stereocenters. The van der Waals surface area contributed by atoms with Crippen molar-refractivity contribution < 1.29 is 9.59 Å². The molecule has 1 aromatic rings. The predicted octanol–water partition coefficient (Wildman–Crippen LogP) is 2.69. The summed E-state index contributed by atoms with van der Waals surface area (Å²) in [5.41, 5.74) is 2.22. The van der Waals surface area contributed by atoms with Crippen LogP contribution in [0.5, 0.6) is 0 Å². The van der Waals surface area contributed by atoms with Gasteiger partial charge in [-0.25, -0.2) is 4.79 Å². The van der Waals surface area contributed by atoms with Crippen molar-refractivity contribution in [2.24, 2.45) is 0 Å². The van der Waals surface area contributed by atoms with E-state index in [4.69, 9.17) is 0 Å². The average Bonchev–Trinajstić information content (AvgIpc) is 3.00. The number of nitrogens with one attached hydrogen (secondary N) is 1. The molecule has 0 radical (unpaired) electrons. The number of aryl methyl sites for hydroxylation is 1. The molecule has 1 atom stereocenters. The molecule has 7 heteroatoms. The van der Waals surface area contributed by atoms with E-state index >= 15 is 0 Å². The maximum absolute atomic E-state index is 12.4. The SMILES string of the molecule is Cc1ccc([C@H]2SCC(=O)N2CCN2CCN(C(=O)NC(C)(C)C)CC2)cc1. The van der Waals surface area contributed by atoms with Crippen LogP contribution in [-0.4, -0.2) is 77.2 Å². The quantitative estimate of drug-likeness (QED) is 0.838. The Labute approximate surface area is 172 Å². The first kappa shape index (κ1) is 21.0. The molecule has 28 heavy (non-hydrogen) atoms. The van der Waals surface area contributed by atoms with Crippen molar-refractivity contribution in [1.82, 2.24) is 20.0 Å². The number of piperazine rings is 1. The molecule has 0 aliphatic carbocycles. The summed E-state index contributed by atoms with van der Waals surface area (Å²) in [6.45, 7) is 12.8. The molecule has 1 aromatic carbocycles. The third-order valence-electron chi connectivity index (χ3n) is 5.13. The lowest BCUT2D eigenvalue weighted by Crippen LogP contribution is -2.55. The van der Waals surface area contributed by atoms with Crippen LogP contribution in [0, 0.1) is 6.92 Å². The van der Waals surface area contributed by atoms with E-state index < -0.39 is 0 Å². The average molecular weight is 405 g/mol. The number of hydrogen-bond donors (Lipinski definition) is 1. The first-order chi connectivity index (χ1) is 13.2. The molecular formula is C21H32N4O2S. The van der Waals surface area contributed by atoms with E-state index in [0.717, 1.165) is 39.3 Å². The highest BCUT2D eigenvalue weighted by Gasteiger charge is 2.33. The van der Waals surface area contributed by atoms with Gasteiger partial charge < -0.3 is 15.1 Å². The van der Waals surface area contributed by atoms with Crippen molar-refractivity contribution in [3.05, 3.63) is 35.4 Å². The van der Waals surface area contributed by atoms with Crippen LogP contribution >= 0.6 is 11.8 Å². The van der Waals surface area contributed by atoms with E-state index in [1.807, 2.05) is 30.6 Å². The molecule has 0 spiro atoms. The van der Waals surface area contributed by atoms with Gasteiger partial charge in [-0.05, 0) is 33.3 Å². The van der Waals surface area contributed by atoms with Gasteiger partial charge >= 0.3 is 6.03 Å². The number of hydrogen-bond acceptors (Lipinski definition) is 4. The van der Waals surface area contributed by atoms with Crippen LogP contribution < -0.4 is 5.32 Å². The third-order valence-corrected chi connectivity index (χ3v) is 6.39. The summed E-state index contributed by atoms with van der Waals surface area (Å²) in [6, 6.07) is 8.49. The van der Waals surface area contributed by atoms with Gasteiger partial charge in [-0.3, -0.25) is 9.69 Å². The summed E-state index contributed by atoms with van der Waals surface area (Å²) < 4.78 is 0. The summed E-state index contributed by atoms with van der Waals surface area (Å²) in [6.07, 6.45) is 0. The molecule has 154 valence electrons. The molecule has 1 N–H and O–H groups in total. The van der Waals surface area contributed by atoms with Crippen LogP contribution in [0.2, 0.25) is 0 Å². The Balaban J connectivity index is 1.49. The van der Waals surface area contributed by atoms with E-state index in [-0.39, 0.29) is 22.9 Å². The van der Waals surface area contributed by atoms with E-state index in [9.17, 15) is 9.59 Å². The number of urea groups is 1. The van der Waals surface area contributed by atoms with Gasteiger partial charge in [-0.2, -0.15) is 0 Å². The highest BCUT2D eigenvalue weighted by atomic mass is 32.2. The monoisotopic (exact) mass is 404 g/mol. The van der Waals surface area contributed by atoms with Gasteiger partial charge in [-0.1, -0.05) is 29.8 Å². The Bertz CT molecular complexity index is 693. The van der Waals surface area contributed by atoms with Crippen LogP contribution in [-0.2, 0) is 4.79 Å². The number of amides is 3. The molecule has 2 saturated heterocycles. The topological polar surface area (TPSA) is 55.9 Å². The highest BCUT2D eigenvalue weighted by molar-refractivity contribution is 8.00.